The second kappa shape index (κ2) is 13.3. The third-order valence-corrected chi connectivity index (χ3v) is 7.25. The van der Waals surface area contributed by atoms with Crippen LogP contribution in [-0.4, -0.2) is 65.7 Å². The van der Waals surface area contributed by atoms with E-state index in [2.05, 4.69) is 18.9 Å². The molecule has 2 aromatic carbocycles. The maximum Gasteiger partial charge on any atom is 0.304 e. The highest BCUT2D eigenvalue weighted by molar-refractivity contribution is 6.30. The van der Waals surface area contributed by atoms with Crippen LogP contribution in [0.1, 0.15) is 44.2 Å². The number of aliphatic carboxylic acids is 1. The highest BCUT2D eigenvalue weighted by atomic mass is 35.5. The van der Waals surface area contributed by atoms with Gasteiger partial charge in [0.2, 0.25) is 5.91 Å². The lowest BCUT2D eigenvalue weighted by Gasteiger charge is -2.46. The maximum atomic E-state index is 13.3. The number of likely N-dealkylation sites (N-methyl/N-ethyl adjacent to an activating group) is 1. The summed E-state index contributed by atoms with van der Waals surface area (Å²) in [5, 5.41) is 10.7. The van der Waals surface area contributed by atoms with Gasteiger partial charge in [0, 0.05) is 28.5 Å². The fourth-order valence-electron chi connectivity index (χ4n) is 4.62. The highest BCUT2D eigenvalue weighted by Gasteiger charge is 2.41. The Morgan fingerprint density at radius 3 is 2.20 bits per heavy atom. The van der Waals surface area contributed by atoms with Gasteiger partial charge in [0.05, 0.1) is 31.7 Å². The molecular weight excluding hydrogens is 487 g/mol. The van der Waals surface area contributed by atoms with Gasteiger partial charge < -0.3 is 14.7 Å². The number of hydrogen-bond donors (Lipinski definition) is 1. The highest BCUT2D eigenvalue weighted by Crippen LogP contribution is 2.38. The van der Waals surface area contributed by atoms with Crippen molar-refractivity contribution in [1.82, 2.24) is 9.80 Å². The largest absolute Gasteiger partial charge is 0.481 e. The Morgan fingerprint density at radius 1 is 1.09 bits per heavy atom. The lowest BCUT2D eigenvalue weighted by molar-refractivity contribution is -0.152. The Kier molecular flexibility index (Phi) is 10.4. The van der Waals surface area contributed by atoms with E-state index in [1.165, 1.54) is 0 Å². The first-order chi connectivity index (χ1) is 16.8. The Labute approximate surface area is 217 Å². The van der Waals surface area contributed by atoms with Crippen LogP contribution in [0.15, 0.2) is 54.6 Å². The molecule has 35 heavy (non-hydrogen) atoms. The molecule has 2 heterocycles. The predicted molar refractivity (Wildman–Crippen MR) is 139 cm³/mol. The zero-order chi connectivity index (χ0) is 25.4. The number of ether oxygens (including phenoxy) is 1. The molecule has 2 aliphatic heterocycles. The predicted octanol–water partition coefficient (Wildman–Crippen LogP) is 5.54. The maximum absolute atomic E-state index is 13.3. The second-order valence-electron chi connectivity index (χ2n) is 9.17. The third-order valence-electron chi connectivity index (χ3n) is 6.74. The molecule has 2 aliphatic rings. The molecule has 8 heteroatoms. The summed E-state index contributed by atoms with van der Waals surface area (Å²) in [5.74, 6) is -1.41. The van der Waals surface area contributed by atoms with Crippen LogP contribution in [-0.2, 0) is 14.3 Å². The number of rotatable bonds is 8. The van der Waals surface area contributed by atoms with E-state index in [0.29, 0.717) is 17.5 Å². The number of nitrogens with zero attached hydrogens (tertiary/aromatic N) is 2. The lowest BCUT2D eigenvalue weighted by Crippen LogP contribution is -2.56. The molecule has 0 bridgehead atoms. The minimum Gasteiger partial charge on any atom is -0.481 e. The molecule has 0 radical (unpaired) electrons. The summed E-state index contributed by atoms with van der Waals surface area (Å²) in [4.78, 5) is 28.8. The van der Waals surface area contributed by atoms with Gasteiger partial charge in [-0.15, -0.1) is 0 Å². The van der Waals surface area contributed by atoms with E-state index in [4.69, 9.17) is 27.9 Å². The molecule has 1 N–H and O–H groups in total. The Balaban J connectivity index is 0.000000420. The van der Waals surface area contributed by atoms with Gasteiger partial charge >= 0.3 is 5.97 Å². The summed E-state index contributed by atoms with van der Waals surface area (Å²) in [6.07, 6.45) is 2.06. The second-order valence-corrected chi connectivity index (χ2v) is 10.0. The van der Waals surface area contributed by atoms with Gasteiger partial charge in [-0.25, -0.2) is 0 Å². The number of likely N-dealkylation sites (tertiary alicyclic amines) is 1. The molecule has 0 aliphatic carbocycles. The van der Waals surface area contributed by atoms with Crippen LogP contribution < -0.4 is 0 Å². The molecule has 2 aromatic rings. The summed E-state index contributed by atoms with van der Waals surface area (Å²) >= 11 is 11.6. The van der Waals surface area contributed by atoms with Crippen molar-refractivity contribution >= 4 is 35.1 Å². The van der Waals surface area contributed by atoms with Crippen LogP contribution in [0.5, 0.6) is 0 Å². The van der Waals surface area contributed by atoms with Gasteiger partial charge in [-0.1, -0.05) is 60.5 Å². The number of carbonyl (C=O) groups excluding carboxylic acids is 1. The van der Waals surface area contributed by atoms with E-state index in [9.17, 15) is 14.7 Å². The normalized spacial score (nSPS) is 21.2. The van der Waals surface area contributed by atoms with E-state index >= 15 is 0 Å². The van der Waals surface area contributed by atoms with E-state index in [1.807, 2.05) is 59.5 Å². The molecule has 3 atom stereocenters. The van der Waals surface area contributed by atoms with Gasteiger partial charge in [0.1, 0.15) is 0 Å². The Hall–Kier alpha value is -2.12. The van der Waals surface area contributed by atoms with Gasteiger partial charge in [-0.3, -0.25) is 14.5 Å². The van der Waals surface area contributed by atoms with Crippen LogP contribution >= 0.6 is 23.2 Å². The van der Waals surface area contributed by atoms with Crippen molar-refractivity contribution in [3.8, 4) is 0 Å². The lowest BCUT2D eigenvalue weighted by atomic mass is 9.85. The first-order valence-corrected chi connectivity index (χ1v) is 12.8. The molecule has 6 nitrogen and oxygen atoms in total. The molecule has 0 saturated carbocycles. The van der Waals surface area contributed by atoms with Crippen LogP contribution in [0.4, 0.5) is 0 Å². The monoisotopic (exact) mass is 520 g/mol. The summed E-state index contributed by atoms with van der Waals surface area (Å²) in [7, 11) is 2.07. The quantitative estimate of drug-likeness (QED) is 0.494. The number of amides is 1. The SMILES string of the molecule is CCC(CN(C)C1COC1)N1C(=O)C(CC(=O)O)CCC1c1ccc(Cl)cc1.Clc1ccccc1. The van der Waals surface area contributed by atoms with E-state index < -0.39 is 11.9 Å². The number of carboxylic acid groups (broad SMARTS) is 1. The molecule has 2 saturated heterocycles. The van der Waals surface area contributed by atoms with E-state index in [0.717, 1.165) is 43.2 Å². The van der Waals surface area contributed by atoms with Gasteiger partial charge in [0.25, 0.3) is 0 Å². The molecule has 2 fully saturated rings. The number of carbonyl (C=O) groups is 2. The number of benzene rings is 2. The zero-order valence-electron chi connectivity index (χ0n) is 20.3. The van der Waals surface area contributed by atoms with Crippen LogP contribution in [0, 0.1) is 5.92 Å². The van der Waals surface area contributed by atoms with Gasteiger partial charge in [-0.05, 0) is 56.1 Å². The number of halogens is 2. The van der Waals surface area contributed by atoms with Crippen LogP contribution in [0.3, 0.4) is 0 Å². The van der Waals surface area contributed by atoms with Gasteiger partial charge in [0.15, 0.2) is 0 Å². The van der Waals surface area contributed by atoms with Crippen LogP contribution in [0.25, 0.3) is 0 Å². The minimum atomic E-state index is -0.917. The molecule has 3 unspecified atom stereocenters. The number of carboxylic acids is 1. The number of piperidine rings is 1. The number of hydrogen-bond acceptors (Lipinski definition) is 4. The summed E-state index contributed by atoms with van der Waals surface area (Å²) in [5.41, 5.74) is 1.06. The average Bonchev–Trinajstić information content (AvgIpc) is 2.79. The molecule has 1 amide bonds. The van der Waals surface area contributed by atoms with Crippen molar-refractivity contribution in [2.45, 2.75) is 50.7 Å². The minimum absolute atomic E-state index is 0.0235. The van der Waals surface area contributed by atoms with Crippen molar-refractivity contribution in [2.24, 2.45) is 5.92 Å². The summed E-state index contributed by atoms with van der Waals surface area (Å²) in [6.45, 7) is 4.29. The fourth-order valence-corrected chi connectivity index (χ4v) is 4.89. The average molecular weight is 521 g/mol. The molecule has 190 valence electrons. The Bertz CT molecular complexity index is 953. The molecular formula is C27H34Cl2N2O4. The first-order valence-electron chi connectivity index (χ1n) is 12.1. The zero-order valence-corrected chi connectivity index (χ0v) is 21.8. The van der Waals surface area contributed by atoms with Crippen molar-refractivity contribution in [1.29, 1.82) is 0 Å². The first kappa shape index (κ1) is 27.5. The standard InChI is InChI=1S/C21H29ClN2O4.C6H5Cl/c1-3-17(11-23(2)18-12-28-13-18)24-19(14-4-7-16(22)8-5-14)9-6-15(21(24)27)10-20(25)26;7-6-4-2-1-3-5-6/h4-5,7-8,15,17-19H,3,6,9-13H2,1-2H3,(H,25,26);1-5H. The molecule has 0 aromatic heterocycles. The van der Waals surface area contributed by atoms with E-state index in [-0.39, 0.29) is 24.4 Å². The van der Waals surface area contributed by atoms with Crippen LogP contribution in [0.2, 0.25) is 10.0 Å². The Morgan fingerprint density at radius 2 is 1.71 bits per heavy atom. The van der Waals surface area contributed by atoms with Gasteiger partial charge in [-0.2, -0.15) is 0 Å². The fraction of sp³-hybridized carbons (Fsp3) is 0.481. The third kappa shape index (κ3) is 7.68. The summed E-state index contributed by atoms with van der Waals surface area (Å²) in [6, 6.07) is 17.4. The van der Waals surface area contributed by atoms with Crippen molar-refractivity contribution in [2.75, 3.05) is 26.8 Å². The van der Waals surface area contributed by atoms with Crippen molar-refractivity contribution in [3.05, 3.63) is 70.2 Å². The van der Waals surface area contributed by atoms with Crippen molar-refractivity contribution < 1.29 is 19.4 Å². The molecule has 0 spiro atoms. The smallest absolute Gasteiger partial charge is 0.304 e. The van der Waals surface area contributed by atoms with E-state index in [1.54, 1.807) is 0 Å². The molecule has 4 rings (SSSR count). The van der Waals surface area contributed by atoms with Crippen molar-refractivity contribution in [3.63, 3.8) is 0 Å². The summed E-state index contributed by atoms with van der Waals surface area (Å²) < 4.78 is 5.30. The topological polar surface area (TPSA) is 70.1 Å².